The first-order valence-electron chi connectivity index (χ1n) is 7.34. The third-order valence-electron chi connectivity index (χ3n) is 3.72. The zero-order valence-corrected chi connectivity index (χ0v) is 12.9. The number of fused-ring (bicyclic) bond motifs is 2. The Morgan fingerprint density at radius 2 is 1.74 bits per heavy atom. The van der Waals surface area contributed by atoms with Crippen LogP contribution in [0.1, 0.15) is 6.42 Å². The number of benzene rings is 2. The summed E-state index contributed by atoms with van der Waals surface area (Å²) in [7, 11) is 0. The van der Waals surface area contributed by atoms with Gasteiger partial charge in [0.25, 0.3) is 0 Å². The van der Waals surface area contributed by atoms with Gasteiger partial charge in [-0.05, 0) is 36.4 Å². The van der Waals surface area contributed by atoms with Gasteiger partial charge >= 0.3 is 0 Å². The smallest absolute Gasteiger partial charge is 0.193 e. The highest BCUT2D eigenvalue weighted by Gasteiger charge is 2.13. The molecule has 0 amide bonds. The summed E-state index contributed by atoms with van der Waals surface area (Å²) in [5.74, 6) is 1.86. The summed E-state index contributed by atoms with van der Waals surface area (Å²) in [6.45, 7) is 1.24. The largest absolute Gasteiger partial charge is 0.490 e. The molecule has 4 nitrogen and oxygen atoms in total. The summed E-state index contributed by atoms with van der Waals surface area (Å²) in [6.07, 6.45) is 0.843. The Balaban J connectivity index is 1.84. The summed E-state index contributed by atoms with van der Waals surface area (Å²) in [5, 5.41) is 0.976. The average Bonchev–Trinajstić information content (AvgIpc) is 2.80. The highest BCUT2D eigenvalue weighted by Crippen LogP contribution is 2.34. The second kappa shape index (κ2) is 5.63. The molecule has 0 aliphatic carbocycles. The van der Waals surface area contributed by atoms with E-state index in [1.165, 1.54) is 6.07 Å². The molecule has 0 bridgehead atoms. The van der Waals surface area contributed by atoms with Crippen LogP contribution >= 0.6 is 11.6 Å². The summed E-state index contributed by atoms with van der Waals surface area (Å²) in [5.41, 5.74) is 1.14. The van der Waals surface area contributed by atoms with Crippen LogP contribution in [0.5, 0.6) is 11.5 Å². The van der Waals surface area contributed by atoms with Crippen molar-refractivity contribution < 1.29 is 13.9 Å². The van der Waals surface area contributed by atoms with Gasteiger partial charge in [0.05, 0.1) is 18.6 Å². The fourth-order valence-corrected chi connectivity index (χ4v) is 2.76. The van der Waals surface area contributed by atoms with Crippen molar-refractivity contribution in [2.75, 3.05) is 13.2 Å². The van der Waals surface area contributed by atoms with E-state index in [1.54, 1.807) is 18.2 Å². The lowest BCUT2D eigenvalue weighted by molar-refractivity contribution is 0.297. The van der Waals surface area contributed by atoms with Crippen molar-refractivity contribution in [1.29, 1.82) is 0 Å². The van der Waals surface area contributed by atoms with Crippen LogP contribution < -0.4 is 14.9 Å². The van der Waals surface area contributed by atoms with E-state index in [9.17, 15) is 4.79 Å². The number of rotatable bonds is 1. The van der Waals surface area contributed by atoms with Crippen LogP contribution in [0.25, 0.3) is 22.3 Å². The molecule has 0 fully saturated rings. The SMILES string of the molecule is O=c1cc(-c2ccc3c(c2)OCCCO3)oc2ccc(Cl)cc12. The number of hydrogen-bond acceptors (Lipinski definition) is 4. The molecule has 4 rings (SSSR count). The van der Waals surface area contributed by atoms with Crippen molar-refractivity contribution in [1.82, 2.24) is 0 Å². The molecule has 2 aromatic carbocycles. The monoisotopic (exact) mass is 328 g/mol. The highest BCUT2D eigenvalue weighted by molar-refractivity contribution is 6.31. The lowest BCUT2D eigenvalue weighted by Gasteiger charge is -2.09. The van der Waals surface area contributed by atoms with E-state index in [1.807, 2.05) is 18.2 Å². The van der Waals surface area contributed by atoms with Crippen LogP contribution in [0.15, 0.2) is 51.7 Å². The van der Waals surface area contributed by atoms with Gasteiger partial charge in [-0.2, -0.15) is 0 Å². The first-order chi connectivity index (χ1) is 11.2. The van der Waals surface area contributed by atoms with E-state index < -0.39 is 0 Å². The lowest BCUT2D eigenvalue weighted by Crippen LogP contribution is -2.00. The number of hydrogen-bond donors (Lipinski definition) is 0. The van der Waals surface area contributed by atoms with E-state index in [0.29, 0.717) is 46.5 Å². The first kappa shape index (κ1) is 14.2. The molecule has 116 valence electrons. The zero-order valence-electron chi connectivity index (χ0n) is 12.2. The van der Waals surface area contributed by atoms with Gasteiger partial charge in [-0.3, -0.25) is 4.79 Å². The van der Waals surface area contributed by atoms with Crippen molar-refractivity contribution in [3.8, 4) is 22.8 Å². The molecule has 3 aromatic rings. The van der Waals surface area contributed by atoms with Gasteiger partial charge in [0.1, 0.15) is 11.3 Å². The molecule has 0 radical (unpaired) electrons. The average molecular weight is 329 g/mol. The van der Waals surface area contributed by atoms with E-state index in [4.69, 9.17) is 25.5 Å². The molecular formula is C18H13ClO4. The van der Waals surface area contributed by atoms with Crippen molar-refractivity contribution in [3.63, 3.8) is 0 Å². The Kier molecular flexibility index (Phi) is 3.46. The normalized spacial score (nSPS) is 13.8. The molecular weight excluding hydrogens is 316 g/mol. The van der Waals surface area contributed by atoms with Crippen LogP contribution in [-0.2, 0) is 0 Å². The topological polar surface area (TPSA) is 48.7 Å². The maximum atomic E-state index is 12.3. The molecule has 0 N–H and O–H groups in total. The molecule has 0 unspecified atom stereocenters. The number of ether oxygens (including phenoxy) is 2. The highest BCUT2D eigenvalue weighted by atomic mass is 35.5. The fraction of sp³-hybridized carbons (Fsp3) is 0.167. The second-order valence-electron chi connectivity index (χ2n) is 5.33. The Hall–Kier alpha value is -2.46. The quantitative estimate of drug-likeness (QED) is 0.669. The van der Waals surface area contributed by atoms with E-state index in [0.717, 1.165) is 12.0 Å². The van der Waals surface area contributed by atoms with E-state index >= 15 is 0 Å². The minimum atomic E-state index is -0.129. The van der Waals surface area contributed by atoms with Gasteiger partial charge in [-0.25, -0.2) is 0 Å². The van der Waals surface area contributed by atoms with E-state index in [-0.39, 0.29) is 5.43 Å². The van der Waals surface area contributed by atoms with Crippen molar-refractivity contribution in [2.24, 2.45) is 0 Å². The van der Waals surface area contributed by atoms with Crippen molar-refractivity contribution >= 4 is 22.6 Å². The van der Waals surface area contributed by atoms with Gasteiger partial charge in [0, 0.05) is 23.1 Å². The Bertz CT molecular complexity index is 945. The second-order valence-corrected chi connectivity index (χ2v) is 5.76. The predicted molar refractivity (Wildman–Crippen MR) is 88.5 cm³/mol. The van der Waals surface area contributed by atoms with Crippen LogP contribution in [0.4, 0.5) is 0 Å². The molecule has 0 saturated heterocycles. The van der Waals surface area contributed by atoms with Crippen LogP contribution in [-0.4, -0.2) is 13.2 Å². The van der Waals surface area contributed by atoms with Gasteiger partial charge in [-0.15, -0.1) is 0 Å². The molecule has 1 aliphatic rings. The molecule has 5 heteroatoms. The molecule has 2 heterocycles. The van der Waals surface area contributed by atoms with Crippen LogP contribution in [0.3, 0.4) is 0 Å². The maximum Gasteiger partial charge on any atom is 0.193 e. The van der Waals surface area contributed by atoms with Gasteiger partial charge in [-0.1, -0.05) is 11.6 Å². The third-order valence-corrected chi connectivity index (χ3v) is 3.96. The van der Waals surface area contributed by atoms with Gasteiger partial charge < -0.3 is 13.9 Å². The number of halogens is 1. The summed E-state index contributed by atoms with van der Waals surface area (Å²) < 4.78 is 17.1. The Labute approximate surface area is 137 Å². The lowest BCUT2D eigenvalue weighted by atomic mass is 10.1. The van der Waals surface area contributed by atoms with Crippen LogP contribution in [0, 0.1) is 0 Å². The van der Waals surface area contributed by atoms with Gasteiger partial charge in [0.15, 0.2) is 16.9 Å². The Morgan fingerprint density at radius 3 is 2.61 bits per heavy atom. The maximum absolute atomic E-state index is 12.3. The van der Waals surface area contributed by atoms with E-state index in [2.05, 4.69) is 0 Å². The summed E-state index contributed by atoms with van der Waals surface area (Å²) in [4.78, 5) is 12.3. The predicted octanol–water partition coefficient (Wildman–Crippen LogP) is 4.27. The minimum Gasteiger partial charge on any atom is -0.490 e. The summed E-state index contributed by atoms with van der Waals surface area (Å²) in [6, 6.07) is 12.0. The fourth-order valence-electron chi connectivity index (χ4n) is 2.59. The molecule has 0 saturated carbocycles. The van der Waals surface area contributed by atoms with Crippen molar-refractivity contribution in [3.05, 3.63) is 57.7 Å². The van der Waals surface area contributed by atoms with Crippen molar-refractivity contribution in [2.45, 2.75) is 6.42 Å². The first-order valence-corrected chi connectivity index (χ1v) is 7.72. The third kappa shape index (κ3) is 2.66. The molecule has 0 atom stereocenters. The molecule has 1 aromatic heterocycles. The zero-order chi connectivity index (χ0) is 15.8. The molecule has 0 spiro atoms. The van der Waals surface area contributed by atoms with Crippen LogP contribution in [0.2, 0.25) is 5.02 Å². The van der Waals surface area contributed by atoms with Gasteiger partial charge in [0.2, 0.25) is 0 Å². The standard InChI is InChI=1S/C18H13ClO4/c19-12-3-5-15-13(9-12)14(20)10-17(23-15)11-2-4-16-18(8-11)22-7-1-6-21-16/h2-5,8-10H,1,6-7H2. The minimum absolute atomic E-state index is 0.129. The molecule has 1 aliphatic heterocycles. The Morgan fingerprint density at radius 1 is 0.913 bits per heavy atom. The summed E-state index contributed by atoms with van der Waals surface area (Å²) >= 11 is 5.93. The molecule has 23 heavy (non-hydrogen) atoms.